The van der Waals surface area contributed by atoms with Gasteiger partial charge in [-0.1, -0.05) is 83.9 Å². The van der Waals surface area contributed by atoms with Gasteiger partial charge in [0.15, 0.2) is 11.5 Å². The summed E-state index contributed by atoms with van der Waals surface area (Å²) in [6.45, 7) is 0. The third-order valence-electron chi connectivity index (χ3n) is 10.1. The van der Waals surface area contributed by atoms with Crippen molar-refractivity contribution in [3.8, 4) is 23.0 Å². The minimum Gasteiger partial charge on any atom is -0.505 e. The van der Waals surface area contributed by atoms with Gasteiger partial charge in [-0.25, -0.2) is 0 Å². The molecule has 27 heteroatoms. The summed E-state index contributed by atoms with van der Waals surface area (Å²) in [6.07, 6.45) is 0. The Morgan fingerprint density at radius 2 is 0.822 bits per heavy atom. The van der Waals surface area contributed by atoms with Crippen LogP contribution in [0.3, 0.4) is 0 Å². The van der Waals surface area contributed by atoms with Crippen molar-refractivity contribution >= 4 is 113 Å². The predicted octanol–water partition coefficient (Wildman–Crippen LogP) is 12.8. The Kier molecular flexibility index (Phi) is 16.2. The van der Waals surface area contributed by atoms with Crippen LogP contribution in [-0.4, -0.2) is 51.9 Å². The smallest absolute Gasteiger partial charge is 0.314 e. The first-order valence-corrected chi connectivity index (χ1v) is 20.8. The summed E-state index contributed by atoms with van der Waals surface area (Å²) in [5.41, 5.74) is -2.98. The average molecular weight is 1070 g/mol. The van der Waals surface area contributed by atoms with Gasteiger partial charge in [0, 0.05) is 85.7 Å². The third-order valence-corrected chi connectivity index (χ3v) is 10.5. The minimum atomic E-state index is -0.841. The van der Waals surface area contributed by atoms with E-state index < -0.39 is 65.9 Å². The molecule has 0 unspecified atom stereocenters. The molecule has 0 aliphatic heterocycles. The van der Waals surface area contributed by atoms with Crippen LogP contribution in [0.25, 0.3) is 21.5 Å². The molecular formula is C46H28Cl2FeN10O14. The van der Waals surface area contributed by atoms with Crippen molar-refractivity contribution in [3.05, 3.63) is 195 Å². The van der Waals surface area contributed by atoms with Crippen molar-refractivity contribution in [2.24, 2.45) is 20.5 Å². The van der Waals surface area contributed by atoms with Gasteiger partial charge in [-0.2, -0.15) is 0 Å². The molecule has 6 N–H and O–H groups in total. The number of nitro benzene ring substituents is 4. The van der Waals surface area contributed by atoms with Gasteiger partial charge in [-0.15, -0.1) is 20.5 Å². The molecule has 0 radical (unpaired) electrons. The van der Waals surface area contributed by atoms with Gasteiger partial charge < -0.3 is 31.1 Å². The fraction of sp³-hybridized carbons (Fsp3) is 0. The Morgan fingerprint density at radius 1 is 0.452 bits per heavy atom. The predicted molar refractivity (Wildman–Crippen MR) is 261 cm³/mol. The normalized spacial score (nSPS) is 10.9. The van der Waals surface area contributed by atoms with E-state index in [9.17, 15) is 70.5 Å². The van der Waals surface area contributed by atoms with Crippen LogP contribution in [0.15, 0.2) is 154 Å². The zero-order chi connectivity index (χ0) is 52.0. The Labute approximate surface area is 427 Å². The van der Waals surface area contributed by atoms with E-state index in [2.05, 4.69) is 31.1 Å². The number of fused-ring (bicyclic) bond motifs is 2. The largest absolute Gasteiger partial charge is 0.505 e. The van der Waals surface area contributed by atoms with Crippen molar-refractivity contribution in [1.29, 1.82) is 0 Å². The molecule has 73 heavy (non-hydrogen) atoms. The zero-order valence-electron chi connectivity index (χ0n) is 36.3. The van der Waals surface area contributed by atoms with E-state index in [0.29, 0.717) is 21.5 Å². The van der Waals surface area contributed by atoms with Crippen molar-refractivity contribution < 1.29 is 66.8 Å². The van der Waals surface area contributed by atoms with Gasteiger partial charge in [0.2, 0.25) is 11.5 Å². The van der Waals surface area contributed by atoms with Crippen LogP contribution in [0.1, 0.15) is 20.7 Å². The number of halogens is 2. The topological polar surface area (TPSA) is 361 Å². The maximum Gasteiger partial charge on any atom is 0.314 e. The second-order valence-corrected chi connectivity index (χ2v) is 15.6. The fourth-order valence-corrected chi connectivity index (χ4v) is 7.17. The maximum absolute atomic E-state index is 13.0. The summed E-state index contributed by atoms with van der Waals surface area (Å²) in [6, 6.07) is 30.7. The van der Waals surface area contributed by atoms with Crippen LogP contribution in [-0.2, 0) is 17.1 Å². The molecule has 8 aromatic carbocycles. The van der Waals surface area contributed by atoms with Crippen LogP contribution in [0.5, 0.6) is 23.0 Å². The molecule has 24 nitrogen and oxygen atoms in total. The molecule has 8 aromatic rings. The monoisotopic (exact) mass is 1070 g/mol. The van der Waals surface area contributed by atoms with E-state index in [-0.39, 0.29) is 83.7 Å². The Morgan fingerprint density at radius 3 is 1.18 bits per heavy atom. The number of azo groups is 2. The van der Waals surface area contributed by atoms with Crippen LogP contribution in [0, 0.1) is 40.5 Å². The molecule has 0 saturated heterocycles. The minimum absolute atomic E-state index is 0. The van der Waals surface area contributed by atoms with Crippen molar-refractivity contribution in [2.45, 2.75) is 0 Å². The molecular weight excluding hydrogens is 1040 g/mol. The number of nitro groups is 4. The summed E-state index contributed by atoms with van der Waals surface area (Å²) in [4.78, 5) is 67.3. The molecule has 0 spiro atoms. The summed E-state index contributed by atoms with van der Waals surface area (Å²) in [5, 5.41) is 109. The molecule has 0 saturated carbocycles. The number of phenols is 4. The summed E-state index contributed by atoms with van der Waals surface area (Å²) < 4.78 is 0. The number of hydrogen-bond donors (Lipinski definition) is 6. The summed E-state index contributed by atoms with van der Waals surface area (Å²) in [7, 11) is 0. The first-order chi connectivity index (χ1) is 34.3. The molecule has 0 aliphatic carbocycles. The van der Waals surface area contributed by atoms with E-state index in [1.807, 2.05) is 0 Å². The number of amides is 2. The zero-order valence-corrected chi connectivity index (χ0v) is 38.9. The number of non-ortho nitro benzene ring substituents is 2. The number of rotatable bonds is 12. The number of nitrogens with zero attached hydrogens (tertiary/aromatic N) is 8. The Bertz CT molecular complexity index is 3420. The number of benzene rings is 8. The molecule has 0 bridgehead atoms. The van der Waals surface area contributed by atoms with Crippen LogP contribution in [0.4, 0.5) is 56.9 Å². The molecule has 0 aliphatic rings. The van der Waals surface area contributed by atoms with E-state index in [4.69, 9.17) is 23.2 Å². The average Bonchev–Trinajstić information content (AvgIpc) is 3.34. The van der Waals surface area contributed by atoms with Crippen LogP contribution in [0.2, 0.25) is 10.0 Å². The summed E-state index contributed by atoms with van der Waals surface area (Å²) in [5.74, 6) is -4.27. The van der Waals surface area contributed by atoms with Gasteiger partial charge in [-0.3, -0.25) is 50.0 Å². The number of aromatic hydroxyl groups is 4. The van der Waals surface area contributed by atoms with Gasteiger partial charge in [0.05, 0.1) is 30.8 Å². The second-order valence-electron chi connectivity index (χ2n) is 14.7. The van der Waals surface area contributed by atoms with E-state index in [1.54, 1.807) is 48.5 Å². The van der Waals surface area contributed by atoms with Gasteiger partial charge in [0.25, 0.3) is 23.2 Å². The quantitative estimate of drug-likeness (QED) is 0.0287. The molecule has 8 rings (SSSR count). The fourth-order valence-electron chi connectivity index (χ4n) is 6.76. The Hall–Kier alpha value is -9.68. The first-order valence-electron chi connectivity index (χ1n) is 20.1. The van der Waals surface area contributed by atoms with Crippen molar-refractivity contribution in [3.63, 3.8) is 0 Å². The van der Waals surface area contributed by atoms with Crippen LogP contribution >= 0.6 is 23.2 Å². The molecule has 2 amide bonds. The standard InChI is InChI=1S/2C23H14ClN5O7.Fe/c2*24-13-9-18(22(31)19(10-13)29(35)36)26-27-20-16-7-2-1-4-12(16)8-17(21(20)30)23(32)25-14-5-3-6-15(11-14)28(33)34;/h2*1-11,30-31H,(H,25,32);. The number of phenolic OH excluding ortho intramolecular Hbond substituents is 4. The number of carbonyl (C=O) groups excluding carboxylic acids is 2. The van der Waals surface area contributed by atoms with Crippen molar-refractivity contribution in [2.75, 3.05) is 10.6 Å². The first kappa shape index (κ1) is 52.7. The number of nitrogens with one attached hydrogen (secondary N) is 2. The molecule has 0 atom stereocenters. The van der Waals surface area contributed by atoms with Crippen molar-refractivity contribution in [1.82, 2.24) is 0 Å². The third kappa shape index (κ3) is 11.9. The van der Waals surface area contributed by atoms with E-state index in [1.165, 1.54) is 48.5 Å². The molecule has 368 valence electrons. The molecule has 0 heterocycles. The van der Waals surface area contributed by atoms with Gasteiger partial charge in [0.1, 0.15) is 22.7 Å². The molecule has 0 aromatic heterocycles. The SMILES string of the molecule is O=C(Nc1cccc([N+](=O)[O-])c1)c1cc2ccccc2c(N=Nc2cc(Cl)cc([N+](=O)[O-])c2O)c1O.O=C(Nc1cccc([N+](=O)[O-])c1)c1cc2ccccc2c(N=Nc2cc(Cl)cc([N+](=O)[O-])c2O)c1O.[Fe]. The van der Waals surface area contributed by atoms with E-state index >= 15 is 0 Å². The number of carbonyl (C=O) groups is 2. The van der Waals surface area contributed by atoms with Gasteiger partial charge in [-0.05, 0) is 47.2 Å². The van der Waals surface area contributed by atoms with Gasteiger partial charge >= 0.3 is 11.4 Å². The second kappa shape index (κ2) is 22.4. The molecule has 0 fully saturated rings. The van der Waals surface area contributed by atoms with E-state index in [0.717, 1.165) is 36.4 Å². The maximum atomic E-state index is 13.0. The Balaban J connectivity index is 0.000000235. The number of hydrogen-bond acceptors (Lipinski definition) is 18. The number of anilines is 2. The van der Waals surface area contributed by atoms with Crippen LogP contribution < -0.4 is 10.6 Å². The summed E-state index contributed by atoms with van der Waals surface area (Å²) >= 11 is 11.8.